The number of ether oxygens (including phenoxy) is 2. The minimum Gasteiger partial charge on any atom is -0.462 e. The molecule has 2 rings (SSSR count). The molecule has 1 aliphatic carbocycles. The Bertz CT molecular complexity index is 519. The van der Waals surface area contributed by atoms with Crippen LogP contribution < -0.4 is 5.32 Å². The lowest BCUT2D eigenvalue weighted by atomic mass is 9.64. The van der Waals surface area contributed by atoms with Crippen molar-refractivity contribution in [2.75, 3.05) is 26.4 Å². The Morgan fingerprint density at radius 2 is 2.00 bits per heavy atom. The molecular formula is C17H28N2O5. The number of amides is 3. The molecule has 1 spiro atoms. The van der Waals surface area contributed by atoms with Crippen LogP contribution in [0.1, 0.15) is 47.0 Å². The molecule has 1 aliphatic heterocycles. The summed E-state index contributed by atoms with van der Waals surface area (Å²) in [5.74, 6) is -0.580. The van der Waals surface area contributed by atoms with E-state index in [-0.39, 0.29) is 24.5 Å². The van der Waals surface area contributed by atoms with Crippen LogP contribution in [0.4, 0.5) is 4.79 Å². The highest BCUT2D eigenvalue weighted by molar-refractivity contribution is 6.08. The van der Waals surface area contributed by atoms with Gasteiger partial charge in [0.05, 0.1) is 6.61 Å². The monoisotopic (exact) mass is 340 g/mol. The summed E-state index contributed by atoms with van der Waals surface area (Å²) in [6, 6.07) is -0.508. The average Bonchev–Trinajstić information content (AvgIpc) is 2.65. The standard InChI is InChI=1S/C17H28N2O5/c1-5-23-6-7-24-13(20)10-19-14(21)17(18-15(19)22)9-12(2)8-16(3,4)11-17/h12H,5-11H2,1-4H3,(H,18,22)/t12-,17-/m0/s1. The first kappa shape index (κ1) is 18.7. The second kappa shape index (κ2) is 7.09. The molecule has 1 saturated carbocycles. The van der Waals surface area contributed by atoms with Gasteiger partial charge in [0.1, 0.15) is 18.7 Å². The predicted octanol–water partition coefficient (Wildman–Crippen LogP) is 1.70. The molecule has 136 valence electrons. The number of esters is 1. The Hall–Kier alpha value is -1.63. The van der Waals surface area contributed by atoms with Crippen molar-refractivity contribution in [2.24, 2.45) is 11.3 Å². The maximum atomic E-state index is 12.8. The molecule has 24 heavy (non-hydrogen) atoms. The molecule has 0 radical (unpaired) electrons. The van der Waals surface area contributed by atoms with Gasteiger partial charge in [0, 0.05) is 6.61 Å². The lowest BCUT2D eigenvalue weighted by Gasteiger charge is -2.43. The highest BCUT2D eigenvalue weighted by Gasteiger charge is 2.56. The molecule has 2 fully saturated rings. The summed E-state index contributed by atoms with van der Waals surface area (Å²) in [7, 11) is 0. The Balaban J connectivity index is 2.00. The minimum atomic E-state index is -0.885. The van der Waals surface area contributed by atoms with Crippen molar-refractivity contribution >= 4 is 17.9 Å². The number of carbonyl (C=O) groups is 3. The van der Waals surface area contributed by atoms with Gasteiger partial charge in [0.2, 0.25) is 0 Å². The third-order valence-electron chi connectivity index (χ3n) is 4.61. The molecule has 7 nitrogen and oxygen atoms in total. The van der Waals surface area contributed by atoms with E-state index in [0.717, 1.165) is 11.3 Å². The van der Waals surface area contributed by atoms with Gasteiger partial charge in [-0.25, -0.2) is 4.79 Å². The van der Waals surface area contributed by atoms with Gasteiger partial charge in [-0.2, -0.15) is 0 Å². The first-order valence-electron chi connectivity index (χ1n) is 8.56. The van der Waals surface area contributed by atoms with E-state index in [1.54, 1.807) is 0 Å². The normalized spacial score (nSPS) is 29.0. The van der Waals surface area contributed by atoms with Crippen LogP contribution in [0.5, 0.6) is 0 Å². The van der Waals surface area contributed by atoms with Crippen LogP contribution in [0.15, 0.2) is 0 Å². The zero-order valence-electron chi connectivity index (χ0n) is 15.0. The number of carbonyl (C=O) groups excluding carboxylic acids is 3. The molecule has 2 atom stereocenters. The van der Waals surface area contributed by atoms with E-state index in [4.69, 9.17) is 9.47 Å². The van der Waals surface area contributed by atoms with Gasteiger partial charge in [-0.3, -0.25) is 14.5 Å². The number of hydrogen-bond acceptors (Lipinski definition) is 5. The van der Waals surface area contributed by atoms with Crippen molar-refractivity contribution in [1.82, 2.24) is 10.2 Å². The average molecular weight is 340 g/mol. The molecule has 0 aromatic rings. The van der Waals surface area contributed by atoms with E-state index < -0.39 is 17.5 Å². The van der Waals surface area contributed by atoms with Crippen molar-refractivity contribution in [1.29, 1.82) is 0 Å². The molecule has 1 heterocycles. The van der Waals surface area contributed by atoms with Gasteiger partial charge in [0.15, 0.2) is 0 Å². The van der Waals surface area contributed by atoms with Gasteiger partial charge in [0.25, 0.3) is 5.91 Å². The van der Waals surface area contributed by atoms with Crippen molar-refractivity contribution in [3.05, 3.63) is 0 Å². The van der Waals surface area contributed by atoms with E-state index in [9.17, 15) is 14.4 Å². The Labute approximate surface area is 143 Å². The molecule has 0 unspecified atom stereocenters. The molecule has 0 aromatic carbocycles. The largest absolute Gasteiger partial charge is 0.462 e. The van der Waals surface area contributed by atoms with E-state index in [0.29, 0.717) is 32.0 Å². The van der Waals surface area contributed by atoms with E-state index in [1.165, 1.54) is 0 Å². The zero-order chi connectivity index (χ0) is 18.0. The van der Waals surface area contributed by atoms with Gasteiger partial charge < -0.3 is 14.8 Å². The van der Waals surface area contributed by atoms with E-state index >= 15 is 0 Å². The number of hydrogen-bond donors (Lipinski definition) is 1. The summed E-state index contributed by atoms with van der Waals surface area (Å²) in [6.45, 7) is 8.76. The molecule has 0 aromatic heterocycles. The van der Waals surface area contributed by atoms with Gasteiger partial charge >= 0.3 is 12.0 Å². The van der Waals surface area contributed by atoms with Crippen molar-refractivity contribution in [3.8, 4) is 0 Å². The number of nitrogens with zero attached hydrogens (tertiary/aromatic N) is 1. The first-order valence-corrected chi connectivity index (χ1v) is 8.56. The molecule has 1 N–H and O–H groups in total. The second-order valence-electron chi connectivity index (χ2n) is 7.68. The molecular weight excluding hydrogens is 312 g/mol. The number of imide groups is 1. The summed E-state index contributed by atoms with van der Waals surface area (Å²) < 4.78 is 10.1. The number of rotatable bonds is 6. The SMILES string of the molecule is CCOCCOC(=O)CN1C(=O)N[C@]2(C[C@@H](C)CC(C)(C)C2)C1=O. The van der Waals surface area contributed by atoms with Crippen LogP contribution >= 0.6 is 0 Å². The van der Waals surface area contributed by atoms with Gasteiger partial charge in [-0.15, -0.1) is 0 Å². The van der Waals surface area contributed by atoms with E-state index in [2.05, 4.69) is 26.1 Å². The summed E-state index contributed by atoms with van der Waals surface area (Å²) in [5.41, 5.74) is -0.918. The fraction of sp³-hybridized carbons (Fsp3) is 0.824. The Kier molecular flexibility index (Phi) is 5.52. The van der Waals surface area contributed by atoms with Crippen LogP contribution in [-0.2, 0) is 19.1 Å². The van der Waals surface area contributed by atoms with Crippen LogP contribution in [0.3, 0.4) is 0 Å². The fourth-order valence-corrected chi connectivity index (χ4v) is 4.18. The van der Waals surface area contributed by atoms with Crippen molar-refractivity contribution < 1.29 is 23.9 Å². The summed E-state index contributed by atoms with van der Waals surface area (Å²) in [4.78, 5) is 37.9. The quantitative estimate of drug-likeness (QED) is 0.452. The predicted molar refractivity (Wildman–Crippen MR) is 87.2 cm³/mol. The van der Waals surface area contributed by atoms with Crippen LogP contribution in [-0.4, -0.2) is 54.7 Å². The smallest absolute Gasteiger partial charge is 0.326 e. The fourth-order valence-electron chi connectivity index (χ4n) is 4.18. The number of urea groups is 1. The molecule has 7 heteroatoms. The zero-order valence-corrected chi connectivity index (χ0v) is 15.0. The van der Waals surface area contributed by atoms with Crippen molar-refractivity contribution in [3.63, 3.8) is 0 Å². The lowest BCUT2D eigenvalue weighted by molar-refractivity contribution is -0.149. The third-order valence-corrected chi connectivity index (χ3v) is 4.61. The summed E-state index contributed by atoms with van der Waals surface area (Å²) in [5, 5.41) is 2.84. The van der Waals surface area contributed by atoms with Crippen LogP contribution in [0.25, 0.3) is 0 Å². The Morgan fingerprint density at radius 3 is 2.62 bits per heavy atom. The molecule has 1 saturated heterocycles. The first-order chi connectivity index (χ1) is 11.2. The molecule has 3 amide bonds. The van der Waals surface area contributed by atoms with Gasteiger partial charge in [-0.05, 0) is 37.5 Å². The maximum Gasteiger partial charge on any atom is 0.326 e. The maximum absolute atomic E-state index is 12.8. The summed E-state index contributed by atoms with van der Waals surface area (Å²) >= 11 is 0. The second-order valence-corrected chi connectivity index (χ2v) is 7.68. The third kappa shape index (κ3) is 4.06. The molecule has 2 aliphatic rings. The summed E-state index contributed by atoms with van der Waals surface area (Å²) in [6.07, 6.45) is 2.21. The van der Waals surface area contributed by atoms with Crippen LogP contribution in [0.2, 0.25) is 0 Å². The number of nitrogens with one attached hydrogen (secondary N) is 1. The minimum absolute atomic E-state index is 0.0331. The highest BCUT2D eigenvalue weighted by atomic mass is 16.6. The molecule has 0 bridgehead atoms. The van der Waals surface area contributed by atoms with Gasteiger partial charge in [-0.1, -0.05) is 20.8 Å². The van der Waals surface area contributed by atoms with E-state index in [1.807, 2.05) is 6.92 Å². The topological polar surface area (TPSA) is 84.9 Å². The van der Waals surface area contributed by atoms with Crippen molar-refractivity contribution in [2.45, 2.75) is 52.5 Å². The highest BCUT2D eigenvalue weighted by Crippen LogP contribution is 2.46. The lowest BCUT2D eigenvalue weighted by Crippen LogP contribution is -2.54. The Morgan fingerprint density at radius 1 is 1.29 bits per heavy atom. The van der Waals surface area contributed by atoms with Crippen LogP contribution in [0, 0.1) is 11.3 Å².